The van der Waals surface area contributed by atoms with Crippen LogP contribution in [0.15, 0.2) is 29.2 Å². The molecule has 0 saturated heterocycles. The van der Waals surface area contributed by atoms with Crippen LogP contribution in [0.3, 0.4) is 0 Å². The molecular formula is C13H18N4O2S. The van der Waals surface area contributed by atoms with Gasteiger partial charge in [-0.25, -0.2) is 22.4 Å². The van der Waals surface area contributed by atoms with Gasteiger partial charge >= 0.3 is 0 Å². The molecule has 2 aromatic rings. The maximum atomic E-state index is 12.0. The summed E-state index contributed by atoms with van der Waals surface area (Å²) >= 11 is 0. The van der Waals surface area contributed by atoms with Gasteiger partial charge in [-0.05, 0) is 31.5 Å². The van der Waals surface area contributed by atoms with Gasteiger partial charge in [-0.2, -0.15) is 5.10 Å². The van der Waals surface area contributed by atoms with Gasteiger partial charge in [0.15, 0.2) is 0 Å². The number of aryl methyl sites for hydroxylation is 2. The van der Waals surface area contributed by atoms with E-state index in [1.807, 2.05) is 13.8 Å². The van der Waals surface area contributed by atoms with Crippen molar-refractivity contribution in [2.75, 3.05) is 14.1 Å². The summed E-state index contributed by atoms with van der Waals surface area (Å²) in [6.45, 7) is 4.32. The van der Waals surface area contributed by atoms with E-state index < -0.39 is 10.0 Å². The minimum absolute atomic E-state index is 0.290. The summed E-state index contributed by atoms with van der Waals surface area (Å²) in [6.07, 6.45) is 0. The van der Waals surface area contributed by atoms with Crippen LogP contribution in [0.5, 0.6) is 0 Å². The van der Waals surface area contributed by atoms with Crippen LogP contribution in [0.4, 0.5) is 0 Å². The molecule has 1 heterocycles. The molecule has 0 unspecified atom stereocenters. The van der Waals surface area contributed by atoms with Crippen molar-refractivity contribution in [1.29, 1.82) is 0 Å². The van der Waals surface area contributed by atoms with Gasteiger partial charge in [-0.1, -0.05) is 12.1 Å². The van der Waals surface area contributed by atoms with Crippen molar-refractivity contribution in [2.45, 2.75) is 25.3 Å². The van der Waals surface area contributed by atoms with Gasteiger partial charge in [-0.3, -0.25) is 0 Å². The highest BCUT2D eigenvalue weighted by Gasteiger charge is 2.16. The largest absolute Gasteiger partial charge is 0.246 e. The fourth-order valence-corrected chi connectivity index (χ4v) is 2.76. The maximum absolute atomic E-state index is 12.0. The lowest BCUT2D eigenvalue weighted by Gasteiger charge is -2.11. The molecule has 0 N–H and O–H groups in total. The summed E-state index contributed by atoms with van der Waals surface area (Å²) in [7, 11) is -0.335. The fourth-order valence-electron chi connectivity index (χ4n) is 1.86. The van der Waals surface area contributed by atoms with E-state index in [1.54, 1.807) is 28.9 Å². The second kappa shape index (κ2) is 5.34. The lowest BCUT2D eigenvalue weighted by Crippen LogP contribution is -2.22. The zero-order chi connectivity index (χ0) is 14.9. The third kappa shape index (κ3) is 2.88. The number of rotatable bonds is 4. The van der Waals surface area contributed by atoms with Gasteiger partial charge < -0.3 is 0 Å². The van der Waals surface area contributed by atoms with Gasteiger partial charge in [0.2, 0.25) is 10.0 Å². The van der Waals surface area contributed by atoms with E-state index in [4.69, 9.17) is 0 Å². The van der Waals surface area contributed by atoms with Crippen molar-refractivity contribution in [3.63, 3.8) is 0 Å². The summed E-state index contributed by atoms with van der Waals surface area (Å²) in [6, 6.07) is 6.83. The van der Waals surface area contributed by atoms with Crippen LogP contribution in [0.25, 0.3) is 0 Å². The van der Waals surface area contributed by atoms with Crippen LogP contribution >= 0.6 is 0 Å². The molecule has 2 rings (SSSR count). The number of nitrogens with zero attached hydrogens (tertiary/aromatic N) is 4. The molecule has 0 bridgehead atoms. The number of hydrogen-bond donors (Lipinski definition) is 0. The van der Waals surface area contributed by atoms with Crippen molar-refractivity contribution >= 4 is 10.0 Å². The van der Waals surface area contributed by atoms with E-state index in [1.165, 1.54) is 18.4 Å². The Hall–Kier alpha value is -1.73. The molecule has 6 nitrogen and oxygen atoms in total. The number of aromatic nitrogens is 3. The van der Waals surface area contributed by atoms with Crippen molar-refractivity contribution in [3.05, 3.63) is 41.5 Å². The Morgan fingerprint density at radius 1 is 1.15 bits per heavy atom. The second-order valence-electron chi connectivity index (χ2n) is 4.80. The molecule has 0 atom stereocenters. The number of benzene rings is 1. The highest BCUT2D eigenvalue weighted by atomic mass is 32.2. The number of sulfonamides is 1. The Morgan fingerprint density at radius 3 is 2.20 bits per heavy atom. The van der Waals surface area contributed by atoms with Gasteiger partial charge in [0.25, 0.3) is 0 Å². The number of hydrogen-bond acceptors (Lipinski definition) is 4. The molecular weight excluding hydrogens is 276 g/mol. The molecule has 1 aromatic heterocycles. The summed E-state index contributed by atoms with van der Waals surface area (Å²) < 4.78 is 26.9. The summed E-state index contributed by atoms with van der Waals surface area (Å²) in [5.41, 5.74) is 0.982. The summed E-state index contributed by atoms with van der Waals surface area (Å²) in [4.78, 5) is 4.53. The van der Waals surface area contributed by atoms with Crippen LogP contribution in [0.1, 0.15) is 17.2 Å². The monoisotopic (exact) mass is 294 g/mol. The average molecular weight is 294 g/mol. The minimum atomic E-state index is -3.37. The van der Waals surface area contributed by atoms with Crippen molar-refractivity contribution < 1.29 is 8.42 Å². The van der Waals surface area contributed by atoms with Crippen LogP contribution in [0.2, 0.25) is 0 Å². The zero-order valence-electron chi connectivity index (χ0n) is 12.0. The Labute approximate surface area is 119 Å². The van der Waals surface area contributed by atoms with Crippen LogP contribution in [0, 0.1) is 13.8 Å². The van der Waals surface area contributed by atoms with E-state index in [2.05, 4.69) is 10.1 Å². The van der Waals surface area contributed by atoms with E-state index in [-0.39, 0.29) is 4.90 Å². The zero-order valence-corrected chi connectivity index (χ0v) is 12.8. The van der Waals surface area contributed by atoms with Crippen molar-refractivity contribution in [2.24, 2.45) is 0 Å². The minimum Gasteiger partial charge on any atom is -0.246 e. The van der Waals surface area contributed by atoms with Crippen molar-refractivity contribution in [3.8, 4) is 0 Å². The van der Waals surface area contributed by atoms with Gasteiger partial charge in [0.1, 0.15) is 11.6 Å². The van der Waals surface area contributed by atoms with E-state index in [0.717, 1.165) is 17.2 Å². The molecule has 0 aliphatic heterocycles. The van der Waals surface area contributed by atoms with Crippen LogP contribution < -0.4 is 0 Å². The fraction of sp³-hybridized carbons (Fsp3) is 0.385. The molecule has 0 aliphatic rings. The summed E-state index contributed by atoms with van der Waals surface area (Å²) in [5, 5.41) is 4.28. The van der Waals surface area contributed by atoms with Gasteiger partial charge in [0, 0.05) is 14.1 Å². The van der Waals surface area contributed by atoms with E-state index in [0.29, 0.717) is 6.54 Å². The molecule has 20 heavy (non-hydrogen) atoms. The van der Waals surface area contributed by atoms with E-state index in [9.17, 15) is 8.42 Å². The van der Waals surface area contributed by atoms with E-state index >= 15 is 0 Å². The first-order valence-corrected chi connectivity index (χ1v) is 7.64. The SMILES string of the molecule is Cc1nc(C)n(Cc2ccc(S(=O)(=O)N(C)C)cc2)n1. The maximum Gasteiger partial charge on any atom is 0.242 e. The molecule has 108 valence electrons. The van der Waals surface area contributed by atoms with Gasteiger partial charge in [0.05, 0.1) is 11.4 Å². The average Bonchev–Trinajstić information content (AvgIpc) is 2.68. The lowest BCUT2D eigenvalue weighted by molar-refractivity contribution is 0.520. The molecule has 0 radical (unpaired) electrons. The smallest absolute Gasteiger partial charge is 0.242 e. The first kappa shape index (κ1) is 14.7. The Morgan fingerprint density at radius 2 is 1.75 bits per heavy atom. The Balaban J connectivity index is 2.23. The topological polar surface area (TPSA) is 68.1 Å². The highest BCUT2D eigenvalue weighted by molar-refractivity contribution is 7.89. The predicted molar refractivity (Wildman–Crippen MR) is 75.9 cm³/mol. The van der Waals surface area contributed by atoms with Crippen LogP contribution in [-0.4, -0.2) is 41.6 Å². The first-order valence-electron chi connectivity index (χ1n) is 6.20. The molecule has 0 saturated carbocycles. The summed E-state index contributed by atoms with van der Waals surface area (Å²) in [5.74, 6) is 1.57. The molecule has 0 spiro atoms. The molecule has 0 fully saturated rings. The highest BCUT2D eigenvalue weighted by Crippen LogP contribution is 2.14. The van der Waals surface area contributed by atoms with Crippen molar-refractivity contribution in [1.82, 2.24) is 19.1 Å². The molecule has 7 heteroatoms. The molecule has 0 amide bonds. The standard InChI is InChI=1S/C13H18N4O2S/c1-10-14-11(2)17(15-10)9-12-5-7-13(8-6-12)20(18,19)16(3)4/h5-8H,9H2,1-4H3. The van der Waals surface area contributed by atoms with Gasteiger partial charge in [-0.15, -0.1) is 0 Å². The third-order valence-electron chi connectivity index (χ3n) is 3.00. The first-order chi connectivity index (χ1) is 9.30. The normalized spacial score (nSPS) is 12.1. The molecule has 1 aromatic carbocycles. The lowest BCUT2D eigenvalue weighted by atomic mass is 10.2. The predicted octanol–water partition coefficient (Wildman–Crippen LogP) is 1.19. The van der Waals surface area contributed by atoms with Crippen LogP contribution in [-0.2, 0) is 16.6 Å². The quantitative estimate of drug-likeness (QED) is 0.849. The molecule has 0 aliphatic carbocycles. The third-order valence-corrected chi connectivity index (χ3v) is 4.83. The second-order valence-corrected chi connectivity index (χ2v) is 6.95. The Bertz CT molecular complexity index is 702. The Kier molecular flexibility index (Phi) is 3.92.